The average molecular weight is 283 g/mol. The van der Waals surface area contributed by atoms with Gasteiger partial charge in [-0.1, -0.05) is 0 Å². The molecule has 0 fully saturated rings. The number of amides is 1. The lowest BCUT2D eigenvalue weighted by Crippen LogP contribution is -2.39. The number of hydrogen-bond donors (Lipinski definition) is 1. The van der Waals surface area contributed by atoms with Crippen molar-refractivity contribution in [1.29, 1.82) is 0 Å². The Kier molecular flexibility index (Phi) is 5.61. The Morgan fingerprint density at radius 1 is 1.35 bits per heavy atom. The largest absolute Gasteiger partial charge is 0.494 e. The number of carbonyl (C=O) groups excluding carboxylic acids is 1. The van der Waals surface area contributed by atoms with Crippen molar-refractivity contribution in [2.75, 3.05) is 44.4 Å². The molecule has 0 aromatic heterocycles. The molecular formula is C14H22FN3O2. The molecule has 2 N–H and O–H groups in total. The lowest BCUT2D eigenvalue weighted by atomic mass is 10.2. The van der Waals surface area contributed by atoms with Gasteiger partial charge in [0.25, 0.3) is 0 Å². The van der Waals surface area contributed by atoms with Crippen molar-refractivity contribution in [2.45, 2.75) is 13.8 Å². The van der Waals surface area contributed by atoms with Crippen molar-refractivity contribution in [2.24, 2.45) is 0 Å². The molecule has 0 unspecified atom stereocenters. The van der Waals surface area contributed by atoms with E-state index in [2.05, 4.69) is 0 Å². The first-order chi connectivity index (χ1) is 9.44. The van der Waals surface area contributed by atoms with E-state index >= 15 is 0 Å². The molecule has 1 amide bonds. The van der Waals surface area contributed by atoms with Crippen molar-refractivity contribution in [1.82, 2.24) is 4.90 Å². The number of nitrogens with two attached hydrogens (primary N) is 1. The molecular weight excluding hydrogens is 261 g/mol. The molecule has 0 saturated carbocycles. The Labute approximate surface area is 119 Å². The molecule has 5 nitrogen and oxygen atoms in total. The molecule has 0 atom stereocenters. The van der Waals surface area contributed by atoms with Crippen LogP contribution in [0.15, 0.2) is 12.1 Å². The summed E-state index contributed by atoms with van der Waals surface area (Å²) in [5.41, 5.74) is 6.65. The molecule has 0 aliphatic heterocycles. The average Bonchev–Trinajstić information content (AvgIpc) is 2.40. The number of anilines is 2. The molecule has 0 spiro atoms. The van der Waals surface area contributed by atoms with Crippen LogP contribution >= 0.6 is 0 Å². The van der Waals surface area contributed by atoms with Crippen molar-refractivity contribution in [3.63, 3.8) is 0 Å². The van der Waals surface area contributed by atoms with Crippen LogP contribution in [0.5, 0.6) is 5.75 Å². The zero-order valence-electron chi connectivity index (χ0n) is 12.4. The van der Waals surface area contributed by atoms with E-state index in [-0.39, 0.29) is 23.9 Å². The number of ether oxygens (including phenoxy) is 1. The number of hydrogen-bond acceptors (Lipinski definition) is 4. The van der Waals surface area contributed by atoms with E-state index in [1.54, 1.807) is 16.8 Å². The quantitative estimate of drug-likeness (QED) is 0.808. The Morgan fingerprint density at radius 3 is 2.45 bits per heavy atom. The molecule has 1 rings (SSSR count). The predicted molar refractivity (Wildman–Crippen MR) is 78.6 cm³/mol. The normalized spacial score (nSPS) is 10.2. The number of carbonyl (C=O) groups is 1. The molecule has 20 heavy (non-hydrogen) atoms. The fourth-order valence-corrected chi connectivity index (χ4v) is 2.01. The lowest BCUT2D eigenvalue weighted by Gasteiger charge is -2.25. The van der Waals surface area contributed by atoms with Gasteiger partial charge in [-0.05, 0) is 13.8 Å². The summed E-state index contributed by atoms with van der Waals surface area (Å²) >= 11 is 0. The molecule has 0 heterocycles. The third-order valence-electron chi connectivity index (χ3n) is 3.20. The minimum absolute atomic E-state index is 0.000178. The van der Waals surface area contributed by atoms with Gasteiger partial charge >= 0.3 is 0 Å². The summed E-state index contributed by atoms with van der Waals surface area (Å²) in [5.74, 6) is -0.409. The summed E-state index contributed by atoms with van der Waals surface area (Å²) < 4.78 is 18.4. The van der Waals surface area contributed by atoms with E-state index in [9.17, 15) is 9.18 Å². The van der Waals surface area contributed by atoms with E-state index in [1.165, 1.54) is 19.2 Å². The van der Waals surface area contributed by atoms with Gasteiger partial charge in [0.15, 0.2) is 11.6 Å². The summed E-state index contributed by atoms with van der Waals surface area (Å²) in [6, 6.07) is 2.70. The van der Waals surface area contributed by atoms with Crippen LogP contribution in [-0.4, -0.2) is 44.6 Å². The zero-order valence-corrected chi connectivity index (χ0v) is 12.4. The van der Waals surface area contributed by atoms with Crippen molar-refractivity contribution in [3.8, 4) is 5.75 Å². The minimum atomic E-state index is -0.516. The maximum Gasteiger partial charge on any atom is 0.242 e. The maximum absolute atomic E-state index is 13.5. The minimum Gasteiger partial charge on any atom is -0.494 e. The molecule has 6 heteroatoms. The first-order valence-corrected chi connectivity index (χ1v) is 6.56. The molecule has 0 bridgehead atoms. The molecule has 0 aliphatic carbocycles. The molecule has 1 aromatic rings. The Balaban J connectivity index is 2.92. The van der Waals surface area contributed by atoms with Gasteiger partial charge < -0.3 is 20.3 Å². The first kappa shape index (κ1) is 16.1. The highest BCUT2D eigenvalue weighted by Gasteiger charge is 2.16. The summed E-state index contributed by atoms with van der Waals surface area (Å²) in [5, 5.41) is 0. The number of nitrogens with zero attached hydrogens (tertiary/aromatic N) is 2. The first-order valence-electron chi connectivity index (χ1n) is 6.56. The van der Waals surface area contributed by atoms with Crippen LogP contribution in [0, 0.1) is 5.82 Å². The monoisotopic (exact) mass is 283 g/mol. The number of likely N-dealkylation sites (N-methyl/N-ethyl adjacent to an activating group) is 2. The Morgan fingerprint density at radius 2 is 1.95 bits per heavy atom. The van der Waals surface area contributed by atoms with Gasteiger partial charge in [-0.25, -0.2) is 4.39 Å². The van der Waals surface area contributed by atoms with Gasteiger partial charge in [0, 0.05) is 32.3 Å². The van der Waals surface area contributed by atoms with Gasteiger partial charge in [-0.2, -0.15) is 0 Å². The topological polar surface area (TPSA) is 58.8 Å². The zero-order chi connectivity index (χ0) is 15.3. The van der Waals surface area contributed by atoms with Crippen LogP contribution < -0.4 is 15.4 Å². The highest BCUT2D eigenvalue weighted by atomic mass is 19.1. The van der Waals surface area contributed by atoms with E-state index in [1.807, 2.05) is 13.8 Å². The van der Waals surface area contributed by atoms with Crippen LogP contribution in [0.3, 0.4) is 0 Å². The number of benzene rings is 1. The standard InChI is InChI=1S/C14H22FN3O2/c1-5-18(6-2)14(19)9-17(3)12-8-13(20-4)10(15)7-11(12)16/h7-8H,5-6,9,16H2,1-4H3. The van der Waals surface area contributed by atoms with E-state index in [0.29, 0.717) is 18.8 Å². The van der Waals surface area contributed by atoms with E-state index in [0.717, 1.165) is 0 Å². The van der Waals surface area contributed by atoms with Gasteiger partial charge in [0.05, 0.1) is 25.0 Å². The third-order valence-corrected chi connectivity index (χ3v) is 3.20. The SMILES string of the molecule is CCN(CC)C(=O)CN(C)c1cc(OC)c(F)cc1N. The van der Waals surface area contributed by atoms with E-state index in [4.69, 9.17) is 10.5 Å². The summed E-state index contributed by atoms with van der Waals surface area (Å²) in [6.07, 6.45) is 0. The van der Waals surface area contributed by atoms with Crippen LogP contribution in [0.2, 0.25) is 0 Å². The number of halogens is 1. The molecule has 112 valence electrons. The summed E-state index contributed by atoms with van der Waals surface area (Å²) in [4.78, 5) is 15.5. The lowest BCUT2D eigenvalue weighted by molar-refractivity contribution is -0.129. The maximum atomic E-state index is 13.5. The van der Waals surface area contributed by atoms with E-state index < -0.39 is 5.82 Å². The Hall–Kier alpha value is -1.98. The molecule has 0 radical (unpaired) electrons. The predicted octanol–water partition coefficient (Wildman–Crippen LogP) is 1.72. The second kappa shape index (κ2) is 6.98. The van der Waals surface area contributed by atoms with Crippen molar-refractivity contribution in [3.05, 3.63) is 17.9 Å². The van der Waals surface area contributed by atoms with Gasteiger partial charge in [-0.15, -0.1) is 0 Å². The fraction of sp³-hybridized carbons (Fsp3) is 0.500. The number of rotatable bonds is 6. The number of methoxy groups -OCH3 is 1. The second-order valence-corrected chi connectivity index (χ2v) is 4.47. The highest BCUT2D eigenvalue weighted by molar-refractivity contribution is 5.83. The smallest absolute Gasteiger partial charge is 0.242 e. The highest BCUT2D eigenvalue weighted by Crippen LogP contribution is 2.30. The summed E-state index contributed by atoms with van der Waals surface area (Å²) in [7, 11) is 3.13. The van der Waals surface area contributed by atoms with Crippen molar-refractivity contribution < 1.29 is 13.9 Å². The second-order valence-electron chi connectivity index (χ2n) is 4.47. The van der Waals surface area contributed by atoms with Crippen molar-refractivity contribution >= 4 is 17.3 Å². The van der Waals surface area contributed by atoms with Crippen LogP contribution in [-0.2, 0) is 4.79 Å². The van der Waals surface area contributed by atoms with Crippen LogP contribution in [0.4, 0.5) is 15.8 Å². The van der Waals surface area contributed by atoms with Gasteiger partial charge in [0.2, 0.25) is 5.91 Å². The van der Waals surface area contributed by atoms with Gasteiger partial charge in [0.1, 0.15) is 0 Å². The Bertz CT molecular complexity index is 476. The van der Waals surface area contributed by atoms with Crippen LogP contribution in [0.1, 0.15) is 13.8 Å². The molecule has 1 aromatic carbocycles. The molecule has 0 aliphatic rings. The third kappa shape index (κ3) is 3.53. The fourth-order valence-electron chi connectivity index (χ4n) is 2.01. The number of nitrogen functional groups attached to an aromatic ring is 1. The van der Waals surface area contributed by atoms with Crippen LogP contribution in [0.25, 0.3) is 0 Å². The molecule has 0 saturated heterocycles. The van der Waals surface area contributed by atoms with Gasteiger partial charge in [-0.3, -0.25) is 4.79 Å². The summed E-state index contributed by atoms with van der Waals surface area (Å²) in [6.45, 7) is 5.35.